The van der Waals surface area contributed by atoms with Crippen LogP contribution in [0.3, 0.4) is 0 Å². The van der Waals surface area contributed by atoms with Crippen molar-refractivity contribution in [2.75, 3.05) is 14.2 Å². The van der Waals surface area contributed by atoms with Crippen LogP contribution in [-0.4, -0.2) is 29.8 Å². The number of ether oxygens (including phenoxy) is 1. The van der Waals surface area contributed by atoms with E-state index in [-0.39, 0.29) is 5.91 Å². The lowest BCUT2D eigenvalue weighted by atomic mass is 10.2. The van der Waals surface area contributed by atoms with E-state index < -0.39 is 6.10 Å². The van der Waals surface area contributed by atoms with E-state index in [4.69, 9.17) is 4.74 Å². The number of carbonyl (C=O) groups is 1. The topological polar surface area (TPSA) is 56.1 Å². The second-order valence-corrected chi connectivity index (χ2v) is 2.68. The number of rotatable bonds is 3. The monoisotopic (exact) mass is 183 g/mol. The highest BCUT2D eigenvalue weighted by molar-refractivity contribution is 5.81. The Labute approximate surface area is 76.7 Å². The fraction of sp³-hybridized carbons (Fsp3) is 0.500. The highest BCUT2D eigenvalue weighted by Crippen LogP contribution is 2.14. The fourth-order valence-corrected chi connectivity index (χ4v) is 1.10. The van der Waals surface area contributed by atoms with Crippen LogP contribution in [0.2, 0.25) is 0 Å². The highest BCUT2D eigenvalue weighted by Gasteiger charge is 2.19. The summed E-state index contributed by atoms with van der Waals surface area (Å²) < 4.78 is 6.67. The number of hydrogen-bond acceptors (Lipinski definition) is 3. The number of methoxy groups -OCH3 is 1. The van der Waals surface area contributed by atoms with Crippen molar-refractivity contribution in [1.82, 2.24) is 15.1 Å². The first kappa shape index (κ1) is 9.73. The Kier molecular flexibility index (Phi) is 3.02. The van der Waals surface area contributed by atoms with Gasteiger partial charge in [-0.25, -0.2) is 0 Å². The minimum Gasteiger partial charge on any atom is -0.367 e. The Morgan fingerprint density at radius 2 is 2.46 bits per heavy atom. The van der Waals surface area contributed by atoms with Gasteiger partial charge in [-0.1, -0.05) is 0 Å². The Balaban J connectivity index is 2.84. The Morgan fingerprint density at radius 1 is 1.77 bits per heavy atom. The van der Waals surface area contributed by atoms with Gasteiger partial charge in [0.2, 0.25) is 0 Å². The van der Waals surface area contributed by atoms with Crippen molar-refractivity contribution >= 4 is 5.91 Å². The van der Waals surface area contributed by atoms with Gasteiger partial charge in [0.1, 0.15) is 0 Å². The van der Waals surface area contributed by atoms with E-state index in [2.05, 4.69) is 10.4 Å². The molecular formula is C8H13N3O2. The Morgan fingerprint density at radius 3 is 2.85 bits per heavy atom. The van der Waals surface area contributed by atoms with Gasteiger partial charge in [0.25, 0.3) is 5.91 Å². The molecule has 13 heavy (non-hydrogen) atoms. The van der Waals surface area contributed by atoms with E-state index in [9.17, 15) is 4.79 Å². The summed E-state index contributed by atoms with van der Waals surface area (Å²) in [5, 5.41) is 6.48. The average Bonchev–Trinajstić information content (AvgIpc) is 2.53. The van der Waals surface area contributed by atoms with Crippen molar-refractivity contribution in [2.45, 2.75) is 6.10 Å². The summed E-state index contributed by atoms with van der Waals surface area (Å²) in [7, 11) is 4.86. The first-order chi connectivity index (χ1) is 6.19. The van der Waals surface area contributed by atoms with Gasteiger partial charge in [0.15, 0.2) is 6.10 Å². The molecule has 0 saturated heterocycles. The van der Waals surface area contributed by atoms with Crippen molar-refractivity contribution in [3.8, 4) is 0 Å². The molecule has 1 rings (SSSR count). The normalized spacial score (nSPS) is 12.5. The number of likely N-dealkylation sites (N-methyl/N-ethyl adjacent to an activating group) is 1. The van der Waals surface area contributed by atoms with Crippen LogP contribution in [0.25, 0.3) is 0 Å². The fourth-order valence-electron chi connectivity index (χ4n) is 1.10. The van der Waals surface area contributed by atoms with Gasteiger partial charge in [-0.2, -0.15) is 5.10 Å². The molecule has 0 saturated carbocycles. The molecule has 5 nitrogen and oxygen atoms in total. The van der Waals surface area contributed by atoms with E-state index in [1.54, 1.807) is 31.2 Å². The summed E-state index contributed by atoms with van der Waals surface area (Å²) in [6.07, 6.45) is 2.80. The third-order valence-corrected chi connectivity index (χ3v) is 1.75. The minimum absolute atomic E-state index is 0.171. The van der Waals surface area contributed by atoms with Crippen LogP contribution in [0.5, 0.6) is 0 Å². The van der Waals surface area contributed by atoms with E-state index in [1.807, 2.05) is 0 Å². The van der Waals surface area contributed by atoms with Gasteiger partial charge in [-0.05, 0) is 0 Å². The van der Waals surface area contributed by atoms with Crippen LogP contribution < -0.4 is 5.32 Å². The standard InChI is InChI=1S/C8H13N3O2/c1-9-8(12)7(13-3)6-4-10-11(2)5-6/h4-5,7H,1-3H3,(H,9,12). The molecule has 1 amide bonds. The Hall–Kier alpha value is -1.36. The van der Waals surface area contributed by atoms with Gasteiger partial charge in [0, 0.05) is 33.0 Å². The Bertz CT molecular complexity index is 295. The number of nitrogens with zero attached hydrogens (tertiary/aromatic N) is 2. The lowest BCUT2D eigenvalue weighted by Crippen LogP contribution is -2.26. The highest BCUT2D eigenvalue weighted by atomic mass is 16.5. The maximum atomic E-state index is 11.3. The third-order valence-electron chi connectivity index (χ3n) is 1.75. The zero-order valence-electron chi connectivity index (χ0n) is 7.94. The molecular weight excluding hydrogens is 170 g/mol. The van der Waals surface area contributed by atoms with E-state index in [0.717, 1.165) is 5.56 Å². The van der Waals surface area contributed by atoms with Gasteiger partial charge in [0.05, 0.1) is 6.20 Å². The maximum Gasteiger partial charge on any atom is 0.253 e. The van der Waals surface area contributed by atoms with Crippen molar-refractivity contribution in [3.63, 3.8) is 0 Å². The molecule has 0 aliphatic rings. The maximum absolute atomic E-state index is 11.3. The van der Waals surface area contributed by atoms with E-state index in [0.29, 0.717) is 0 Å². The van der Waals surface area contributed by atoms with Crippen LogP contribution in [-0.2, 0) is 16.6 Å². The van der Waals surface area contributed by atoms with E-state index in [1.165, 1.54) is 7.11 Å². The van der Waals surface area contributed by atoms with Gasteiger partial charge in [-0.15, -0.1) is 0 Å². The van der Waals surface area contributed by atoms with Crippen molar-refractivity contribution in [2.24, 2.45) is 7.05 Å². The molecule has 1 N–H and O–H groups in total. The largest absolute Gasteiger partial charge is 0.367 e. The molecule has 0 fully saturated rings. The lowest BCUT2D eigenvalue weighted by Gasteiger charge is -2.10. The van der Waals surface area contributed by atoms with Crippen LogP contribution in [0.15, 0.2) is 12.4 Å². The molecule has 1 unspecified atom stereocenters. The summed E-state index contributed by atoms with van der Waals surface area (Å²) in [5.74, 6) is -0.171. The number of aryl methyl sites for hydroxylation is 1. The molecule has 1 aromatic rings. The van der Waals surface area contributed by atoms with Gasteiger partial charge < -0.3 is 10.1 Å². The van der Waals surface area contributed by atoms with Crippen molar-refractivity contribution < 1.29 is 9.53 Å². The summed E-state index contributed by atoms with van der Waals surface area (Å²) in [6.45, 7) is 0. The van der Waals surface area contributed by atoms with Crippen molar-refractivity contribution in [3.05, 3.63) is 18.0 Å². The van der Waals surface area contributed by atoms with Gasteiger partial charge in [-0.3, -0.25) is 9.48 Å². The molecule has 0 aliphatic carbocycles. The van der Waals surface area contributed by atoms with Gasteiger partial charge >= 0.3 is 0 Å². The quantitative estimate of drug-likeness (QED) is 0.709. The summed E-state index contributed by atoms with van der Waals surface area (Å²) in [6, 6.07) is 0. The van der Waals surface area contributed by atoms with Crippen LogP contribution in [0, 0.1) is 0 Å². The molecule has 1 heterocycles. The molecule has 0 aromatic carbocycles. The second-order valence-electron chi connectivity index (χ2n) is 2.68. The first-order valence-electron chi connectivity index (χ1n) is 3.92. The molecule has 1 atom stereocenters. The van der Waals surface area contributed by atoms with Crippen LogP contribution in [0.4, 0.5) is 0 Å². The predicted octanol–water partition coefficient (Wildman–Crippen LogP) is -0.146. The second kappa shape index (κ2) is 4.04. The molecule has 0 radical (unpaired) electrons. The SMILES string of the molecule is CNC(=O)C(OC)c1cnn(C)c1. The zero-order chi connectivity index (χ0) is 9.84. The number of carbonyl (C=O) groups excluding carboxylic acids is 1. The van der Waals surface area contributed by atoms with E-state index >= 15 is 0 Å². The molecule has 72 valence electrons. The van der Waals surface area contributed by atoms with Crippen molar-refractivity contribution in [1.29, 1.82) is 0 Å². The number of hydrogen-bond donors (Lipinski definition) is 1. The van der Waals surface area contributed by atoms with Crippen LogP contribution >= 0.6 is 0 Å². The predicted molar refractivity (Wildman–Crippen MR) is 47.0 cm³/mol. The summed E-state index contributed by atoms with van der Waals surface area (Å²) in [5.41, 5.74) is 0.754. The molecule has 1 aromatic heterocycles. The van der Waals surface area contributed by atoms with Crippen LogP contribution in [0.1, 0.15) is 11.7 Å². The number of amides is 1. The molecule has 0 aliphatic heterocycles. The molecule has 0 bridgehead atoms. The zero-order valence-corrected chi connectivity index (χ0v) is 7.94. The smallest absolute Gasteiger partial charge is 0.253 e. The summed E-state index contributed by atoms with van der Waals surface area (Å²) in [4.78, 5) is 11.3. The first-order valence-corrected chi connectivity index (χ1v) is 3.92. The summed E-state index contributed by atoms with van der Waals surface area (Å²) >= 11 is 0. The minimum atomic E-state index is -0.571. The number of nitrogens with one attached hydrogen (secondary N) is 1. The lowest BCUT2D eigenvalue weighted by molar-refractivity contribution is -0.130. The number of aromatic nitrogens is 2. The molecule has 0 spiro atoms. The third kappa shape index (κ3) is 2.06. The molecule has 5 heteroatoms. The average molecular weight is 183 g/mol.